The Kier molecular flexibility index (Phi) is 6.31. The number of unbranched alkanes of at least 4 members (excludes halogenated alkanes) is 2. The first-order valence-corrected chi connectivity index (χ1v) is 10.5. The van der Waals surface area contributed by atoms with E-state index in [1.165, 1.54) is 29.5 Å². The molecule has 0 aliphatic heterocycles. The zero-order valence-corrected chi connectivity index (χ0v) is 15.8. The summed E-state index contributed by atoms with van der Waals surface area (Å²) in [5.74, 6) is -0.451. The highest BCUT2D eigenvalue weighted by Gasteiger charge is 2.17. The van der Waals surface area contributed by atoms with Gasteiger partial charge in [0.15, 0.2) is 9.84 Å². The number of aromatic nitrogens is 2. The van der Waals surface area contributed by atoms with Crippen molar-refractivity contribution >= 4 is 43.8 Å². The fourth-order valence-corrected chi connectivity index (χ4v) is 4.11. The number of amides is 1. The zero-order valence-electron chi connectivity index (χ0n) is 13.4. The summed E-state index contributed by atoms with van der Waals surface area (Å²) in [5, 5.41) is 12.0. The number of nitrogens with zero attached hydrogens (tertiary/aromatic N) is 2. The molecule has 0 unspecified atom stereocenters. The summed E-state index contributed by atoms with van der Waals surface area (Å²) in [6.07, 6.45) is 5.17. The molecular weight excluding hydrogens is 370 g/mol. The van der Waals surface area contributed by atoms with Crippen molar-refractivity contribution in [2.24, 2.45) is 0 Å². The molecule has 0 aliphatic carbocycles. The number of rotatable bonds is 7. The van der Waals surface area contributed by atoms with Crippen LogP contribution in [-0.4, -0.2) is 30.8 Å². The summed E-state index contributed by atoms with van der Waals surface area (Å²) in [7, 11) is -3.51. The molecular formula is C15H18ClN3O3S2. The van der Waals surface area contributed by atoms with Crippen LogP contribution in [0.25, 0.3) is 0 Å². The van der Waals surface area contributed by atoms with Crippen LogP contribution in [0.4, 0.5) is 5.13 Å². The summed E-state index contributed by atoms with van der Waals surface area (Å²) >= 11 is 7.20. The van der Waals surface area contributed by atoms with Gasteiger partial charge in [-0.25, -0.2) is 8.42 Å². The van der Waals surface area contributed by atoms with Crippen molar-refractivity contribution < 1.29 is 13.2 Å². The van der Waals surface area contributed by atoms with E-state index in [1.54, 1.807) is 0 Å². The van der Waals surface area contributed by atoms with Gasteiger partial charge < -0.3 is 0 Å². The Morgan fingerprint density at radius 1 is 1.29 bits per heavy atom. The summed E-state index contributed by atoms with van der Waals surface area (Å²) in [6.45, 7) is 2.13. The van der Waals surface area contributed by atoms with Crippen molar-refractivity contribution in [3.8, 4) is 0 Å². The lowest BCUT2D eigenvalue weighted by Gasteiger charge is -2.05. The third-order valence-electron chi connectivity index (χ3n) is 3.27. The Bertz CT molecular complexity index is 834. The summed E-state index contributed by atoms with van der Waals surface area (Å²) in [6, 6.07) is 4.12. The Hall–Kier alpha value is -1.51. The van der Waals surface area contributed by atoms with Crippen LogP contribution in [0.1, 0.15) is 41.6 Å². The maximum atomic E-state index is 12.3. The molecule has 1 amide bonds. The van der Waals surface area contributed by atoms with Crippen LogP contribution in [0.15, 0.2) is 23.1 Å². The normalized spacial score (nSPS) is 11.5. The van der Waals surface area contributed by atoms with Crippen molar-refractivity contribution in [2.45, 2.75) is 37.5 Å². The van der Waals surface area contributed by atoms with E-state index >= 15 is 0 Å². The van der Waals surface area contributed by atoms with Crippen molar-refractivity contribution in [3.63, 3.8) is 0 Å². The molecule has 1 N–H and O–H groups in total. The van der Waals surface area contributed by atoms with Gasteiger partial charge in [-0.3, -0.25) is 10.1 Å². The molecule has 130 valence electrons. The van der Waals surface area contributed by atoms with Crippen LogP contribution in [0.3, 0.4) is 0 Å². The average Bonchev–Trinajstić information content (AvgIpc) is 2.94. The summed E-state index contributed by atoms with van der Waals surface area (Å²) in [5.41, 5.74) is 0.197. The van der Waals surface area contributed by atoms with Gasteiger partial charge in [0.25, 0.3) is 5.91 Å². The third kappa shape index (κ3) is 4.99. The highest BCUT2D eigenvalue weighted by molar-refractivity contribution is 7.90. The molecule has 0 bridgehead atoms. The number of benzene rings is 1. The van der Waals surface area contributed by atoms with E-state index in [-0.39, 0.29) is 15.5 Å². The SMILES string of the molecule is CCCCCc1nnc(NC(=O)c2ccc(Cl)c(S(C)(=O)=O)c2)s1. The standard InChI is InChI=1S/C15H18ClN3O3S2/c1-3-4-5-6-13-18-19-15(23-13)17-14(20)10-7-8-11(16)12(9-10)24(2,21)22/h7-9H,3-6H2,1-2H3,(H,17,19,20). The van der Waals surface area contributed by atoms with Gasteiger partial charge in [-0.1, -0.05) is 42.7 Å². The van der Waals surface area contributed by atoms with Gasteiger partial charge in [0.2, 0.25) is 5.13 Å². The molecule has 1 aromatic heterocycles. The number of hydrogen-bond acceptors (Lipinski definition) is 6. The van der Waals surface area contributed by atoms with Gasteiger partial charge in [-0.05, 0) is 24.6 Å². The number of aryl methyl sites for hydroxylation is 1. The van der Waals surface area contributed by atoms with Crippen molar-refractivity contribution in [1.29, 1.82) is 0 Å². The Morgan fingerprint density at radius 2 is 2.04 bits per heavy atom. The van der Waals surface area contributed by atoms with Gasteiger partial charge >= 0.3 is 0 Å². The second-order valence-electron chi connectivity index (χ2n) is 5.33. The molecule has 0 fully saturated rings. The van der Waals surface area contributed by atoms with E-state index in [2.05, 4.69) is 22.4 Å². The van der Waals surface area contributed by atoms with E-state index in [9.17, 15) is 13.2 Å². The first-order chi connectivity index (χ1) is 11.3. The van der Waals surface area contributed by atoms with E-state index in [0.717, 1.165) is 36.9 Å². The summed E-state index contributed by atoms with van der Waals surface area (Å²) < 4.78 is 23.4. The largest absolute Gasteiger partial charge is 0.296 e. The lowest BCUT2D eigenvalue weighted by atomic mass is 10.2. The molecule has 1 aromatic carbocycles. The maximum absolute atomic E-state index is 12.3. The number of anilines is 1. The van der Waals surface area contributed by atoms with Crippen LogP contribution in [0.5, 0.6) is 0 Å². The second kappa shape index (κ2) is 8.04. The number of carbonyl (C=O) groups excluding carboxylic acids is 1. The molecule has 2 rings (SSSR count). The topological polar surface area (TPSA) is 89.0 Å². The molecule has 1 heterocycles. The lowest BCUT2D eigenvalue weighted by Crippen LogP contribution is -2.12. The van der Waals surface area contributed by atoms with Crippen LogP contribution in [0.2, 0.25) is 5.02 Å². The lowest BCUT2D eigenvalue weighted by molar-refractivity contribution is 0.102. The fraction of sp³-hybridized carbons (Fsp3) is 0.400. The maximum Gasteiger partial charge on any atom is 0.257 e. The van der Waals surface area contributed by atoms with Crippen LogP contribution in [-0.2, 0) is 16.3 Å². The number of nitrogens with one attached hydrogen (secondary N) is 1. The molecule has 2 aromatic rings. The van der Waals surface area contributed by atoms with Gasteiger partial charge in [0.1, 0.15) is 5.01 Å². The highest BCUT2D eigenvalue weighted by atomic mass is 35.5. The smallest absolute Gasteiger partial charge is 0.257 e. The number of halogens is 1. The predicted molar refractivity (Wildman–Crippen MR) is 95.7 cm³/mol. The molecule has 0 saturated carbocycles. The molecule has 0 spiro atoms. The number of sulfone groups is 1. The fourth-order valence-electron chi connectivity index (χ4n) is 2.03. The Labute approximate surface area is 150 Å². The van der Waals surface area contributed by atoms with E-state index in [4.69, 9.17) is 11.6 Å². The van der Waals surface area contributed by atoms with Crippen molar-refractivity contribution in [3.05, 3.63) is 33.8 Å². The summed E-state index contributed by atoms with van der Waals surface area (Å²) in [4.78, 5) is 12.2. The van der Waals surface area contributed by atoms with Crippen LogP contribution in [0, 0.1) is 0 Å². The molecule has 0 radical (unpaired) electrons. The number of hydrogen-bond donors (Lipinski definition) is 1. The molecule has 6 nitrogen and oxygen atoms in total. The second-order valence-corrected chi connectivity index (χ2v) is 8.78. The van der Waals surface area contributed by atoms with Crippen LogP contribution < -0.4 is 5.32 Å². The van der Waals surface area contributed by atoms with Gasteiger partial charge in [-0.15, -0.1) is 10.2 Å². The molecule has 9 heteroatoms. The first-order valence-electron chi connectivity index (χ1n) is 7.44. The monoisotopic (exact) mass is 387 g/mol. The number of carbonyl (C=O) groups is 1. The van der Waals surface area contributed by atoms with Gasteiger partial charge in [-0.2, -0.15) is 0 Å². The van der Waals surface area contributed by atoms with E-state index in [0.29, 0.717) is 5.13 Å². The Balaban J connectivity index is 2.10. The molecule has 0 atom stereocenters. The van der Waals surface area contributed by atoms with Gasteiger partial charge in [0, 0.05) is 18.2 Å². The minimum absolute atomic E-state index is 0.0747. The predicted octanol–water partition coefficient (Wildman–Crippen LogP) is 3.58. The van der Waals surface area contributed by atoms with Gasteiger partial charge in [0.05, 0.1) is 9.92 Å². The molecule has 24 heavy (non-hydrogen) atoms. The zero-order chi connectivity index (χ0) is 17.7. The minimum Gasteiger partial charge on any atom is -0.296 e. The van der Waals surface area contributed by atoms with Crippen molar-refractivity contribution in [2.75, 3.05) is 11.6 Å². The van der Waals surface area contributed by atoms with E-state index < -0.39 is 15.7 Å². The molecule has 0 aliphatic rings. The first kappa shape index (κ1) is 18.8. The highest BCUT2D eigenvalue weighted by Crippen LogP contribution is 2.24. The minimum atomic E-state index is -3.51. The quantitative estimate of drug-likeness (QED) is 0.733. The Morgan fingerprint density at radius 3 is 2.71 bits per heavy atom. The van der Waals surface area contributed by atoms with E-state index in [1.807, 2.05) is 0 Å². The average molecular weight is 388 g/mol. The third-order valence-corrected chi connectivity index (χ3v) is 5.75. The molecule has 0 saturated heterocycles. The van der Waals surface area contributed by atoms with Crippen molar-refractivity contribution in [1.82, 2.24) is 10.2 Å². The van der Waals surface area contributed by atoms with Crippen LogP contribution >= 0.6 is 22.9 Å².